The summed E-state index contributed by atoms with van der Waals surface area (Å²) >= 11 is 0. The summed E-state index contributed by atoms with van der Waals surface area (Å²) in [6.07, 6.45) is 3.59. The number of fused-ring (bicyclic) bond motifs is 2. The number of rotatable bonds is 24. The molecule has 2 heterocycles. The van der Waals surface area contributed by atoms with Crippen LogP contribution in [0.3, 0.4) is 0 Å². The van der Waals surface area contributed by atoms with Crippen LogP contribution in [0.2, 0.25) is 0 Å². The third-order valence-corrected chi connectivity index (χ3v) is 15.2. The van der Waals surface area contributed by atoms with Crippen LogP contribution in [0.1, 0.15) is 91.6 Å². The van der Waals surface area contributed by atoms with Crippen LogP contribution in [-0.4, -0.2) is 90.8 Å². The van der Waals surface area contributed by atoms with Crippen molar-refractivity contribution in [1.82, 2.24) is 21.3 Å². The first-order valence-electron chi connectivity index (χ1n) is 28.4. The van der Waals surface area contributed by atoms with E-state index < -0.39 is 0 Å². The molecule has 10 rings (SSSR count). The topological polar surface area (TPSA) is 138 Å². The molecule has 0 aliphatic carbocycles. The maximum atomic E-state index is 13.7. The molecule has 0 unspecified atom stereocenters. The van der Waals surface area contributed by atoms with E-state index in [9.17, 15) is 18.4 Å². The van der Waals surface area contributed by atoms with Gasteiger partial charge in [0.15, 0.2) is 0 Å². The van der Waals surface area contributed by atoms with E-state index in [-0.39, 0.29) is 36.8 Å². The molecule has 12 nitrogen and oxygen atoms in total. The van der Waals surface area contributed by atoms with Gasteiger partial charge < -0.3 is 49.7 Å². The Labute approximate surface area is 479 Å². The SMILES string of the molecule is COC(=O)c1ccc2cc(CN[C@@H]3CNCC[C@@H]3c3ccc(OCCCOCc4ccccc4F)cc3)ccc2c1.COC(=O)c1ccc2cc(CN[C@H]3CNCC[C@H]3c3ccc(OCCCOCc4ccccc4F)cc3)ccc2c1. The summed E-state index contributed by atoms with van der Waals surface area (Å²) in [7, 11) is 2.79. The number of nitrogens with one attached hydrogen (secondary N) is 4. The first kappa shape index (κ1) is 59.1. The summed E-state index contributed by atoms with van der Waals surface area (Å²) in [4.78, 5) is 23.7. The van der Waals surface area contributed by atoms with E-state index in [0.29, 0.717) is 72.6 Å². The number of hydrogen-bond acceptors (Lipinski definition) is 12. The molecule has 2 fully saturated rings. The Kier molecular flexibility index (Phi) is 22.0. The highest BCUT2D eigenvalue weighted by Crippen LogP contribution is 2.30. The molecule has 0 amide bonds. The second-order valence-corrected chi connectivity index (χ2v) is 20.8. The minimum atomic E-state index is -0.323. The number of ether oxygens (including phenoxy) is 6. The van der Waals surface area contributed by atoms with Crippen LogP contribution in [0.15, 0.2) is 170 Å². The van der Waals surface area contributed by atoms with Gasteiger partial charge in [0.1, 0.15) is 23.1 Å². The van der Waals surface area contributed by atoms with Gasteiger partial charge in [0.25, 0.3) is 0 Å². The number of benzene rings is 8. The van der Waals surface area contributed by atoms with Gasteiger partial charge in [-0.15, -0.1) is 0 Å². The largest absolute Gasteiger partial charge is 0.494 e. The van der Waals surface area contributed by atoms with E-state index in [2.05, 4.69) is 81.9 Å². The van der Waals surface area contributed by atoms with E-state index in [1.807, 2.05) is 72.8 Å². The fourth-order valence-electron chi connectivity index (χ4n) is 10.7. The summed E-state index contributed by atoms with van der Waals surface area (Å²) in [5, 5.41) is 18.8. The van der Waals surface area contributed by atoms with E-state index in [1.54, 1.807) is 24.3 Å². The van der Waals surface area contributed by atoms with E-state index in [4.69, 9.17) is 28.4 Å². The average Bonchev–Trinajstić information content (AvgIpc) is 3.54. The zero-order chi connectivity index (χ0) is 56.9. The maximum absolute atomic E-state index is 13.7. The highest BCUT2D eigenvalue weighted by molar-refractivity contribution is 5.96. The highest BCUT2D eigenvalue weighted by atomic mass is 19.1. The fraction of sp³-hybridized carbons (Fsp3) is 0.324. The van der Waals surface area contributed by atoms with Crippen molar-refractivity contribution in [2.75, 3.05) is 66.8 Å². The molecule has 0 bridgehead atoms. The van der Waals surface area contributed by atoms with E-state index >= 15 is 0 Å². The zero-order valence-electron chi connectivity index (χ0n) is 46.8. The average molecular weight is 1110 g/mol. The first-order chi connectivity index (χ1) is 40.2. The standard InChI is InChI=1S/2C34H37FN2O4/c2*1-39-34(38)28-10-9-26-19-24(7-8-27(26)20-28)21-37-33-22-36-16-15-31(33)25-11-13-30(14-12-25)41-18-4-17-40-23-29-5-2-3-6-32(29)35/h2*2-3,5-14,19-20,31,33,36-37H,4,15-18,21-23H2,1H3/t2*31-,33-/m10/s1. The van der Waals surface area contributed by atoms with Crippen molar-refractivity contribution in [2.45, 2.75) is 75.9 Å². The number of carbonyl (C=O) groups is 2. The van der Waals surface area contributed by atoms with Crippen LogP contribution in [-0.2, 0) is 45.3 Å². The molecule has 2 saturated heterocycles. The third-order valence-electron chi connectivity index (χ3n) is 15.2. The first-order valence-corrected chi connectivity index (χ1v) is 28.4. The van der Waals surface area contributed by atoms with Crippen molar-refractivity contribution in [3.05, 3.63) is 226 Å². The van der Waals surface area contributed by atoms with Crippen molar-refractivity contribution < 1.29 is 46.8 Å². The number of esters is 2. The lowest BCUT2D eigenvalue weighted by Crippen LogP contribution is -2.47. The second-order valence-electron chi connectivity index (χ2n) is 20.8. The van der Waals surface area contributed by atoms with Crippen molar-refractivity contribution in [1.29, 1.82) is 0 Å². The van der Waals surface area contributed by atoms with Gasteiger partial charge in [-0.05, 0) is 143 Å². The van der Waals surface area contributed by atoms with Crippen LogP contribution in [0.25, 0.3) is 21.5 Å². The fourth-order valence-corrected chi connectivity index (χ4v) is 10.7. The number of methoxy groups -OCH3 is 2. The minimum Gasteiger partial charge on any atom is -0.494 e. The monoisotopic (exact) mass is 1110 g/mol. The third kappa shape index (κ3) is 16.8. The predicted octanol–water partition coefficient (Wildman–Crippen LogP) is 12.0. The smallest absolute Gasteiger partial charge is 0.337 e. The van der Waals surface area contributed by atoms with E-state index in [1.165, 1.54) is 48.6 Å². The van der Waals surface area contributed by atoms with Gasteiger partial charge in [0, 0.05) is 74.1 Å². The molecule has 4 N–H and O–H groups in total. The Morgan fingerprint density at radius 1 is 0.488 bits per heavy atom. The van der Waals surface area contributed by atoms with Crippen LogP contribution >= 0.6 is 0 Å². The van der Waals surface area contributed by atoms with Crippen LogP contribution in [0.5, 0.6) is 11.5 Å². The summed E-state index contributed by atoms with van der Waals surface area (Å²) in [5.41, 5.74) is 7.28. The maximum Gasteiger partial charge on any atom is 0.337 e. The van der Waals surface area contributed by atoms with E-state index in [0.717, 1.165) is 98.0 Å². The molecule has 14 heteroatoms. The molecule has 0 spiro atoms. The Hall–Kier alpha value is -7.56. The Morgan fingerprint density at radius 3 is 1.30 bits per heavy atom. The molecule has 82 heavy (non-hydrogen) atoms. The van der Waals surface area contributed by atoms with Crippen LogP contribution in [0.4, 0.5) is 8.78 Å². The normalized spacial score (nSPS) is 16.9. The lowest BCUT2D eigenvalue weighted by molar-refractivity contribution is 0.0592. The molecule has 0 aromatic heterocycles. The molecule has 0 saturated carbocycles. The molecule has 0 radical (unpaired) electrons. The minimum absolute atomic E-state index is 0.236. The van der Waals surface area contributed by atoms with Gasteiger partial charge in [-0.3, -0.25) is 0 Å². The molecular formula is C68H74F2N4O8. The summed E-state index contributed by atoms with van der Waals surface area (Å²) in [6.45, 7) is 7.98. The summed E-state index contributed by atoms with van der Waals surface area (Å²) in [5.74, 6) is 1.37. The van der Waals surface area contributed by atoms with Gasteiger partial charge in [-0.25, -0.2) is 18.4 Å². The zero-order valence-corrected chi connectivity index (χ0v) is 46.8. The number of piperidine rings is 2. The van der Waals surface area contributed by atoms with Crippen LogP contribution < -0.4 is 30.7 Å². The van der Waals surface area contributed by atoms with Gasteiger partial charge in [0.05, 0.1) is 65.0 Å². The van der Waals surface area contributed by atoms with Crippen molar-refractivity contribution in [3.8, 4) is 11.5 Å². The van der Waals surface area contributed by atoms with Crippen molar-refractivity contribution >= 4 is 33.5 Å². The highest BCUT2D eigenvalue weighted by Gasteiger charge is 2.27. The molecule has 2 aliphatic heterocycles. The molecule has 2 aliphatic rings. The van der Waals surface area contributed by atoms with Crippen molar-refractivity contribution in [3.63, 3.8) is 0 Å². The molecule has 8 aromatic carbocycles. The van der Waals surface area contributed by atoms with Gasteiger partial charge in [0.2, 0.25) is 0 Å². The van der Waals surface area contributed by atoms with Gasteiger partial charge in [-0.1, -0.05) is 97.1 Å². The van der Waals surface area contributed by atoms with Gasteiger partial charge in [-0.2, -0.15) is 0 Å². The lowest BCUT2D eigenvalue weighted by atomic mass is 9.86. The molecule has 4 atom stereocenters. The summed E-state index contributed by atoms with van der Waals surface area (Å²) < 4.78 is 60.0. The van der Waals surface area contributed by atoms with Crippen LogP contribution in [0, 0.1) is 11.6 Å². The Morgan fingerprint density at radius 2 is 0.890 bits per heavy atom. The lowest BCUT2D eigenvalue weighted by Gasteiger charge is -2.33. The second kappa shape index (κ2) is 30.5. The molecular weight excluding hydrogens is 1040 g/mol. The molecule has 8 aromatic rings. The number of halogens is 2. The number of hydrogen-bond donors (Lipinski definition) is 4. The Bertz CT molecular complexity index is 3110. The van der Waals surface area contributed by atoms with Gasteiger partial charge >= 0.3 is 11.9 Å². The van der Waals surface area contributed by atoms with Crippen molar-refractivity contribution in [2.24, 2.45) is 0 Å². The Balaban J connectivity index is 0.000000198. The number of carbonyl (C=O) groups excluding carboxylic acids is 2. The molecule has 428 valence electrons. The predicted molar refractivity (Wildman–Crippen MR) is 318 cm³/mol. The quantitative estimate of drug-likeness (QED) is 0.0339. The summed E-state index contributed by atoms with van der Waals surface area (Å²) in [6, 6.07) is 54.8.